The third-order valence-electron chi connectivity index (χ3n) is 2.22. The molecule has 0 amide bonds. The Bertz CT molecular complexity index is 496. The number of rotatable bonds is 7. The normalized spacial score (nSPS) is 10.4. The maximum Gasteiger partial charge on any atom is 0.309 e. The third-order valence-corrected chi connectivity index (χ3v) is 3.06. The summed E-state index contributed by atoms with van der Waals surface area (Å²) in [5.74, 6) is -0.000302. The number of carboxylic acid groups (broad SMARTS) is 1. The maximum atomic E-state index is 10.5. The van der Waals surface area contributed by atoms with Gasteiger partial charge in [0.2, 0.25) is 0 Å². The molecule has 0 atom stereocenters. The Morgan fingerprint density at radius 3 is 3.17 bits per heavy atom. The predicted octanol–water partition coefficient (Wildman–Crippen LogP) is 0.933. The summed E-state index contributed by atoms with van der Waals surface area (Å²) in [6, 6.07) is 0. The van der Waals surface area contributed by atoms with Crippen molar-refractivity contribution in [2.45, 2.75) is 19.3 Å². The van der Waals surface area contributed by atoms with Crippen molar-refractivity contribution in [3.8, 4) is 0 Å². The minimum absolute atomic E-state index is 0.0315. The molecule has 18 heavy (non-hydrogen) atoms. The molecule has 2 aromatic heterocycles. The number of thiazole rings is 1. The van der Waals surface area contributed by atoms with Crippen molar-refractivity contribution in [1.29, 1.82) is 0 Å². The van der Waals surface area contributed by atoms with Crippen molar-refractivity contribution in [3.63, 3.8) is 0 Å². The minimum Gasteiger partial charge on any atom is -0.481 e. The van der Waals surface area contributed by atoms with E-state index in [1.807, 2.05) is 0 Å². The molecule has 0 aromatic carbocycles. The summed E-state index contributed by atoms with van der Waals surface area (Å²) in [6.07, 6.45) is 3.18. The van der Waals surface area contributed by atoms with Gasteiger partial charge in [0.1, 0.15) is 12.2 Å². The van der Waals surface area contributed by atoms with Gasteiger partial charge in [0.15, 0.2) is 5.13 Å². The van der Waals surface area contributed by atoms with Crippen LogP contribution in [0, 0.1) is 0 Å². The van der Waals surface area contributed by atoms with Crippen LogP contribution in [0.2, 0.25) is 0 Å². The minimum atomic E-state index is -0.864. The molecular formula is C10H13N5O2S. The fourth-order valence-electron chi connectivity index (χ4n) is 1.43. The average molecular weight is 267 g/mol. The van der Waals surface area contributed by atoms with Crippen LogP contribution in [0.4, 0.5) is 5.13 Å². The van der Waals surface area contributed by atoms with Gasteiger partial charge in [-0.1, -0.05) is 0 Å². The molecule has 0 aliphatic carbocycles. The molecule has 96 valence electrons. The number of nitrogens with one attached hydrogen (secondary N) is 2. The number of carboxylic acids is 1. The van der Waals surface area contributed by atoms with Crippen LogP contribution >= 0.6 is 11.3 Å². The molecule has 2 aromatic rings. The largest absolute Gasteiger partial charge is 0.481 e. The summed E-state index contributed by atoms with van der Waals surface area (Å²) < 4.78 is 0. The molecule has 0 saturated carbocycles. The number of H-pyrrole nitrogens is 1. The number of nitrogens with zero attached hydrogens (tertiary/aromatic N) is 3. The summed E-state index contributed by atoms with van der Waals surface area (Å²) in [7, 11) is 0. The van der Waals surface area contributed by atoms with Crippen LogP contribution in [-0.4, -0.2) is 37.8 Å². The Morgan fingerprint density at radius 2 is 2.44 bits per heavy atom. The molecule has 7 nitrogen and oxygen atoms in total. The van der Waals surface area contributed by atoms with Gasteiger partial charge < -0.3 is 10.4 Å². The van der Waals surface area contributed by atoms with Crippen molar-refractivity contribution in [3.05, 3.63) is 23.2 Å². The van der Waals surface area contributed by atoms with E-state index < -0.39 is 5.97 Å². The number of anilines is 1. The number of aryl methyl sites for hydroxylation is 1. The molecule has 0 aliphatic rings. The molecular weight excluding hydrogens is 254 g/mol. The Hall–Kier alpha value is -1.96. The molecule has 0 radical (unpaired) electrons. The summed E-state index contributed by atoms with van der Waals surface area (Å²) in [4.78, 5) is 18.7. The van der Waals surface area contributed by atoms with Crippen LogP contribution in [0.15, 0.2) is 11.7 Å². The van der Waals surface area contributed by atoms with Crippen molar-refractivity contribution < 1.29 is 9.90 Å². The number of hydrogen-bond acceptors (Lipinski definition) is 6. The second-order valence-electron chi connectivity index (χ2n) is 3.68. The maximum absolute atomic E-state index is 10.5. The number of carbonyl (C=O) groups is 1. The summed E-state index contributed by atoms with van der Waals surface area (Å²) in [6.45, 7) is 0.765. The molecule has 0 unspecified atom stereocenters. The first-order chi connectivity index (χ1) is 8.74. The number of hydrogen-bond donors (Lipinski definition) is 3. The third kappa shape index (κ3) is 3.81. The first-order valence-corrected chi connectivity index (χ1v) is 6.36. The highest BCUT2D eigenvalue weighted by molar-refractivity contribution is 7.13. The van der Waals surface area contributed by atoms with Crippen LogP contribution in [0.3, 0.4) is 0 Å². The quantitative estimate of drug-likeness (QED) is 0.645. The van der Waals surface area contributed by atoms with Crippen molar-refractivity contribution in [2.75, 3.05) is 11.9 Å². The van der Waals surface area contributed by atoms with Crippen LogP contribution in [-0.2, 0) is 17.6 Å². The molecule has 3 N–H and O–H groups in total. The molecule has 8 heteroatoms. The molecule has 0 fully saturated rings. The molecule has 0 aliphatic heterocycles. The van der Waals surface area contributed by atoms with Crippen LogP contribution in [0.1, 0.15) is 17.9 Å². The monoisotopic (exact) mass is 267 g/mol. The van der Waals surface area contributed by atoms with E-state index in [9.17, 15) is 4.79 Å². The topological polar surface area (TPSA) is 104 Å². The smallest absolute Gasteiger partial charge is 0.309 e. The first-order valence-electron chi connectivity index (χ1n) is 5.48. The van der Waals surface area contributed by atoms with Gasteiger partial charge in [-0.15, -0.1) is 11.3 Å². The van der Waals surface area contributed by atoms with Gasteiger partial charge in [-0.2, -0.15) is 5.10 Å². The molecule has 0 saturated heterocycles. The Labute approximate surface area is 107 Å². The molecule has 0 bridgehead atoms. The van der Waals surface area contributed by atoms with E-state index >= 15 is 0 Å². The van der Waals surface area contributed by atoms with Crippen LogP contribution < -0.4 is 5.32 Å². The van der Waals surface area contributed by atoms with Gasteiger partial charge >= 0.3 is 5.97 Å². The number of aromatic amines is 1. The zero-order chi connectivity index (χ0) is 12.8. The van der Waals surface area contributed by atoms with Gasteiger partial charge in [0, 0.05) is 18.3 Å². The van der Waals surface area contributed by atoms with E-state index in [1.54, 1.807) is 5.38 Å². The van der Waals surface area contributed by atoms with E-state index in [-0.39, 0.29) is 6.42 Å². The SMILES string of the molecule is O=C(O)Cc1csc(NCCCc2ncn[nH]2)n1. The number of aromatic nitrogens is 4. The fraction of sp³-hybridized carbons (Fsp3) is 0.400. The van der Waals surface area contributed by atoms with Gasteiger partial charge in [-0.25, -0.2) is 9.97 Å². The first kappa shape index (κ1) is 12.5. The van der Waals surface area contributed by atoms with E-state index in [1.165, 1.54) is 17.7 Å². The van der Waals surface area contributed by atoms with Gasteiger partial charge in [0.05, 0.1) is 12.1 Å². The van der Waals surface area contributed by atoms with Crippen molar-refractivity contribution in [2.24, 2.45) is 0 Å². The highest BCUT2D eigenvalue weighted by atomic mass is 32.1. The highest BCUT2D eigenvalue weighted by Gasteiger charge is 2.05. The lowest BCUT2D eigenvalue weighted by atomic mass is 10.3. The lowest BCUT2D eigenvalue weighted by Gasteiger charge is -2.00. The van der Waals surface area contributed by atoms with Crippen molar-refractivity contribution >= 4 is 22.4 Å². The fourth-order valence-corrected chi connectivity index (χ4v) is 2.17. The van der Waals surface area contributed by atoms with Gasteiger partial charge in [-0.3, -0.25) is 9.89 Å². The zero-order valence-corrected chi connectivity index (χ0v) is 10.4. The summed E-state index contributed by atoms with van der Waals surface area (Å²) >= 11 is 1.42. The molecule has 2 heterocycles. The summed E-state index contributed by atoms with van der Waals surface area (Å²) in [5.41, 5.74) is 0.588. The molecule has 2 rings (SSSR count). The standard InChI is InChI=1S/C10H13N5O2S/c16-9(17)4-7-5-18-10(14-7)11-3-1-2-8-12-6-13-15-8/h5-6H,1-4H2,(H,11,14)(H,16,17)(H,12,13,15). The van der Waals surface area contributed by atoms with Gasteiger partial charge in [0.25, 0.3) is 0 Å². The van der Waals surface area contributed by atoms with E-state index in [0.29, 0.717) is 5.69 Å². The van der Waals surface area contributed by atoms with E-state index in [2.05, 4.69) is 25.5 Å². The Morgan fingerprint density at radius 1 is 1.56 bits per heavy atom. The average Bonchev–Trinajstić information content (AvgIpc) is 2.95. The van der Waals surface area contributed by atoms with E-state index in [4.69, 9.17) is 5.11 Å². The van der Waals surface area contributed by atoms with Crippen LogP contribution in [0.5, 0.6) is 0 Å². The zero-order valence-electron chi connectivity index (χ0n) is 9.59. The van der Waals surface area contributed by atoms with Gasteiger partial charge in [-0.05, 0) is 6.42 Å². The summed E-state index contributed by atoms with van der Waals surface area (Å²) in [5, 5.41) is 20.8. The Kier molecular flexibility index (Phi) is 4.24. The predicted molar refractivity (Wildman–Crippen MR) is 66.6 cm³/mol. The van der Waals surface area contributed by atoms with Crippen molar-refractivity contribution in [1.82, 2.24) is 20.2 Å². The highest BCUT2D eigenvalue weighted by Crippen LogP contribution is 2.15. The second-order valence-corrected chi connectivity index (χ2v) is 4.54. The Balaban J connectivity index is 1.70. The van der Waals surface area contributed by atoms with E-state index in [0.717, 1.165) is 30.3 Å². The molecule has 0 spiro atoms. The lowest BCUT2D eigenvalue weighted by molar-refractivity contribution is -0.136. The lowest BCUT2D eigenvalue weighted by Crippen LogP contribution is -2.04. The second kappa shape index (κ2) is 6.10. The number of aliphatic carboxylic acids is 1. The van der Waals surface area contributed by atoms with Crippen LogP contribution in [0.25, 0.3) is 0 Å².